The van der Waals surface area contributed by atoms with E-state index < -0.39 is 0 Å². The van der Waals surface area contributed by atoms with E-state index in [1.807, 2.05) is 6.07 Å². The molecule has 0 bridgehead atoms. The van der Waals surface area contributed by atoms with Crippen molar-refractivity contribution < 1.29 is 4.39 Å². The number of hydrogen-bond acceptors (Lipinski definition) is 3. The molecule has 0 atom stereocenters. The molecule has 1 aliphatic carbocycles. The number of benzene rings is 1. The van der Waals surface area contributed by atoms with Crippen LogP contribution in [0.25, 0.3) is 0 Å². The van der Waals surface area contributed by atoms with Crippen LogP contribution in [0.15, 0.2) is 23.1 Å². The Labute approximate surface area is 99.6 Å². The Morgan fingerprint density at radius 1 is 1.12 bits per heavy atom. The predicted molar refractivity (Wildman–Crippen MR) is 66.9 cm³/mol. The van der Waals surface area contributed by atoms with Gasteiger partial charge in [0.05, 0.1) is 0 Å². The lowest BCUT2D eigenvalue weighted by Crippen LogP contribution is -2.27. The lowest BCUT2D eigenvalue weighted by Gasteiger charge is -2.25. The Balaban J connectivity index is 1.98. The van der Waals surface area contributed by atoms with Crippen LogP contribution < -0.4 is 11.5 Å². The second-order valence-corrected chi connectivity index (χ2v) is 5.75. The fourth-order valence-electron chi connectivity index (χ4n) is 2.05. The minimum absolute atomic E-state index is 0.255. The molecule has 0 saturated heterocycles. The molecule has 0 radical (unpaired) electrons. The third-order valence-electron chi connectivity index (χ3n) is 2.92. The topological polar surface area (TPSA) is 52.0 Å². The lowest BCUT2D eigenvalue weighted by atomic mass is 9.96. The van der Waals surface area contributed by atoms with Crippen LogP contribution in [-0.4, -0.2) is 11.3 Å². The maximum Gasteiger partial charge on any atom is 0.126 e. The van der Waals surface area contributed by atoms with Gasteiger partial charge in [-0.1, -0.05) is 0 Å². The van der Waals surface area contributed by atoms with Crippen molar-refractivity contribution in [1.82, 2.24) is 0 Å². The number of nitrogen functional groups attached to an aromatic ring is 1. The van der Waals surface area contributed by atoms with Crippen molar-refractivity contribution in [2.75, 3.05) is 5.73 Å². The van der Waals surface area contributed by atoms with Gasteiger partial charge in [-0.25, -0.2) is 4.39 Å². The summed E-state index contributed by atoms with van der Waals surface area (Å²) in [4.78, 5) is 0.929. The third-order valence-corrected chi connectivity index (χ3v) is 4.23. The highest BCUT2D eigenvalue weighted by molar-refractivity contribution is 8.00. The largest absolute Gasteiger partial charge is 0.399 e. The molecule has 4 N–H and O–H groups in total. The van der Waals surface area contributed by atoms with E-state index in [1.54, 1.807) is 17.8 Å². The molecule has 88 valence electrons. The van der Waals surface area contributed by atoms with Gasteiger partial charge >= 0.3 is 0 Å². The highest BCUT2D eigenvalue weighted by atomic mass is 32.2. The molecule has 0 amide bonds. The lowest BCUT2D eigenvalue weighted by molar-refractivity contribution is 0.451. The molecule has 1 aliphatic rings. The molecule has 1 saturated carbocycles. The van der Waals surface area contributed by atoms with Gasteiger partial charge in [-0.3, -0.25) is 0 Å². The molecule has 0 aliphatic heterocycles. The molecular weight excluding hydrogens is 223 g/mol. The van der Waals surface area contributed by atoms with Crippen molar-refractivity contribution in [2.45, 2.75) is 41.9 Å². The molecule has 2 nitrogen and oxygen atoms in total. The molecule has 1 fully saturated rings. The molecule has 0 aromatic heterocycles. The van der Waals surface area contributed by atoms with E-state index in [2.05, 4.69) is 0 Å². The zero-order chi connectivity index (χ0) is 11.5. The first kappa shape index (κ1) is 11.7. The van der Waals surface area contributed by atoms with Gasteiger partial charge in [0, 0.05) is 21.9 Å². The van der Waals surface area contributed by atoms with Crippen molar-refractivity contribution in [3.63, 3.8) is 0 Å². The normalized spacial score (nSPS) is 25.6. The van der Waals surface area contributed by atoms with Crippen molar-refractivity contribution >= 4 is 17.4 Å². The molecule has 0 spiro atoms. The first-order valence-corrected chi connectivity index (χ1v) is 6.50. The van der Waals surface area contributed by atoms with Gasteiger partial charge in [0.15, 0.2) is 0 Å². The van der Waals surface area contributed by atoms with E-state index >= 15 is 0 Å². The minimum Gasteiger partial charge on any atom is -0.399 e. The summed E-state index contributed by atoms with van der Waals surface area (Å²) in [7, 11) is 0. The summed E-state index contributed by atoms with van der Waals surface area (Å²) < 4.78 is 13.1. The Morgan fingerprint density at radius 3 is 2.44 bits per heavy atom. The van der Waals surface area contributed by atoms with Crippen molar-refractivity contribution in [2.24, 2.45) is 5.73 Å². The number of hydrogen-bond donors (Lipinski definition) is 2. The smallest absolute Gasteiger partial charge is 0.126 e. The summed E-state index contributed by atoms with van der Waals surface area (Å²) in [6.45, 7) is 0. The van der Waals surface area contributed by atoms with Crippen LogP contribution in [0.3, 0.4) is 0 Å². The molecule has 16 heavy (non-hydrogen) atoms. The second-order valence-electron chi connectivity index (χ2n) is 4.37. The summed E-state index contributed by atoms with van der Waals surface area (Å²) in [5.74, 6) is -0.255. The number of thioether (sulfide) groups is 1. The maximum atomic E-state index is 13.1. The molecule has 4 heteroatoms. The fourth-order valence-corrected chi connectivity index (χ4v) is 3.33. The van der Waals surface area contributed by atoms with Crippen LogP contribution in [-0.2, 0) is 0 Å². The van der Waals surface area contributed by atoms with E-state index in [0.29, 0.717) is 17.0 Å². The Kier molecular flexibility index (Phi) is 3.71. The second kappa shape index (κ2) is 5.06. The average molecular weight is 240 g/mol. The van der Waals surface area contributed by atoms with Crippen LogP contribution in [0.1, 0.15) is 25.7 Å². The molecule has 1 aromatic rings. The quantitative estimate of drug-likeness (QED) is 0.782. The molecule has 0 heterocycles. The SMILES string of the molecule is Nc1cc(F)cc(SC2CCC(N)CC2)c1. The Morgan fingerprint density at radius 2 is 1.81 bits per heavy atom. The summed E-state index contributed by atoms with van der Waals surface area (Å²) in [5.41, 5.74) is 12.0. The summed E-state index contributed by atoms with van der Waals surface area (Å²) >= 11 is 1.72. The number of nitrogens with two attached hydrogens (primary N) is 2. The molecule has 1 aromatic carbocycles. The average Bonchev–Trinajstić information content (AvgIpc) is 2.20. The standard InChI is InChI=1S/C12H17FN2S/c13-8-5-10(15)7-12(6-8)16-11-3-1-9(14)2-4-11/h5-7,9,11H,1-4,14-15H2. The van der Waals surface area contributed by atoms with Crippen molar-refractivity contribution in [3.05, 3.63) is 24.0 Å². The summed E-state index contributed by atoms with van der Waals surface area (Å²) in [6.07, 6.45) is 4.37. The molecule has 0 unspecified atom stereocenters. The maximum absolute atomic E-state index is 13.1. The van der Waals surface area contributed by atoms with Crippen LogP contribution in [0, 0.1) is 5.82 Å². The highest BCUT2D eigenvalue weighted by Crippen LogP contribution is 2.34. The molecule has 2 rings (SSSR count). The zero-order valence-corrected chi connectivity index (χ0v) is 9.97. The van der Waals surface area contributed by atoms with Gasteiger partial charge in [-0.2, -0.15) is 0 Å². The van der Waals surface area contributed by atoms with Gasteiger partial charge in [0.25, 0.3) is 0 Å². The van der Waals surface area contributed by atoms with Gasteiger partial charge in [0.2, 0.25) is 0 Å². The highest BCUT2D eigenvalue weighted by Gasteiger charge is 2.19. The summed E-state index contributed by atoms with van der Waals surface area (Å²) in [5, 5.41) is 0.556. The van der Waals surface area contributed by atoms with E-state index in [1.165, 1.54) is 6.07 Å². The van der Waals surface area contributed by atoms with Crippen LogP contribution in [0.5, 0.6) is 0 Å². The monoisotopic (exact) mass is 240 g/mol. The van der Waals surface area contributed by atoms with Gasteiger partial charge in [-0.15, -0.1) is 11.8 Å². The number of halogens is 1. The van der Waals surface area contributed by atoms with Crippen molar-refractivity contribution in [3.8, 4) is 0 Å². The zero-order valence-electron chi connectivity index (χ0n) is 9.16. The van der Waals surface area contributed by atoms with E-state index in [-0.39, 0.29) is 5.82 Å². The number of anilines is 1. The van der Waals surface area contributed by atoms with Gasteiger partial charge in [-0.05, 0) is 43.9 Å². The third kappa shape index (κ3) is 3.12. The van der Waals surface area contributed by atoms with Crippen LogP contribution >= 0.6 is 11.8 Å². The fraction of sp³-hybridized carbons (Fsp3) is 0.500. The van der Waals surface area contributed by atoms with Crippen LogP contribution in [0.2, 0.25) is 0 Å². The van der Waals surface area contributed by atoms with Crippen LogP contribution in [0.4, 0.5) is 10.1 Å². The Hall–Kier alpha value is -0.740. The predicted octanol–water partition coefficient (Wildman–Crippen LogP) is 2.77. The minimum atomic E-state index is -0.255. The first-order valence-electron chi connectivity index (χ1n) is 5.62. The van der Waals surface area contributed by atoms with Crippen molar-refractivity contribution in [1.29, 1.82) is 0 Å². The van der Waals surface area contributed by atoms with E-state index in [0.717, 1.165) is 30.6 Å². The van der Waals surface area contributed by atoms with E-state index in [4.69, 9.17) is 11.5 Å². The summed E-state index contributed by atoms with van der Waals surface area (Å²) in [6, 6.07) is 5.09. The Bertz CT molecular complexity index is 342. The number of rotatable bonds is 2. The molecular formula is C12H17FN2S. The van der Waals surface area contributed by atoms with E-state index in [9.17, 15) is 4.39 Å². The first-order chi connectivity index (χ1) is 7.63. The van der Waals surface area contributed by atoms with Gasteiger partial charge < -0.3 is 11.5 Å². The van der Waals surface area contributed by atoms with Gasteiger partial charge in [0.1, 0.15) is 5.82 Å².